The molecule has 0 saturated heterocycles. The van der Waals surface area contributed by atoms with Crippen molar-refractivity contribution in [3.8, 4) is 0 Å². The van der Waals surface area contributed by atoms with Crippen molar-refractivity contribution in [2.75, 3.05) is 24.6 Å². The number of hydrogen-bond donors (Lipinski definition) is 3. The zero-order chi connectivity index (χ0) is 14.5. The van der Waals surface area contributed by atoms with Gasteiger partial charge in [0.1, 0.15) is 0 Å². The Morgan fingerprint density at radius 3 is 2.95 bits per heavy atom. The first-order valence-electron chi connectivity index (χ1n) is 6.36. The molecule has 6 heteroatoms. The van der Waals surface area contributed by atoms with Crippen LogP contribution in [0.5, 0.6) is 0 Å². The molecule has 1 aromatic carbocycles. The van der Waals surface area contributed by atoms with Crippen LogP contribution >= 0.6 is 11.3 Å². The van der Waals surface area contributed by atoms with Crippen LogP contribution < -0.4 is 16.4 Å². The molecule has 0 aliphatic heterocycles. The van der Waals surface area contributed by atoms with Crippen LogP contribution in [0.25, 0.3) is 0 Å². The van der Waals surface area contributed by atoms with Crippen molar-refractivity contribution in [3.05, 3.63) is 40.3 Å². The molecule has 1 unspecified atom stereocenters. The van der Waals surface area contributed by atoms with Crippen molar-refractivity contribution < 1.29 is 4.79 Å². The lowest BCUT2D eigenvalue weighted by Crippen LogP contribution is -2.18. The molecular formula is C14H18N4OS. The lowest BCUT2D eigenvalue weighted by molar-refractivity contribution is 0.0963. The van der Waals surface area contributed by atoms with E-state index < -0.39 is 0 Å². The van der Waals surface area contributed by atoms with E-state index in [9.17, 15) is 4.79 Å². The summed E-state index contributed by atoms with van der Waals surface area (Å²) in [5.41, 5.74) is 7.92. The first-order chi connectivity index (χ1) is 9.61. The number of anilines is 2. The number of thiazole rings is 1. The van der Waals surface area contributed by atoms with Crippen molar-refractivity contribution in [1.82, 2.24) is 10.3 Å². The van der Waals surface area contributed by atoms with Crippen LogP contribution in [-0.2, 0) is 0 Å². The van der Waals surface area contributed by atoms with E-state index in [0.717, 1.165) is 17.2 Å². The second-order valence-electron chi connectivity index (χ2n) is 4.53. The van der Waals surface area contributed by atoms with Crippen LogP contribution in [0.1, 0.15) is 28.2 Å². The Balaban J connectivity index is 2.07. The van der Waals surface area contributed by atoms with E-state index in [2.05, 4.69) is 22.5 Å². The summed E-state index contributed by atoms with van der Waals surface area (Å²) < 4.78 is 0. The topological polar surface area (TPSA) is 80.0 Å². The minimum Gasteiger partial charge on any atom is -0.397 e. The van der Waals surface area contributed by atoms with Gasteiger partial charge in [0.2, 0.25) is 0 Å². The molecule has 1 atom stereocenters. The lowest BCUT2D eigenvalue weighted by Gasteiger charge is -2.14. The summed E-state index contributed by atoms with van der Waals surface area (Å²) in [6, 6.07) is 5.22. The molecule has 106 valence electrons. The van der Waals surface area contributed by atoms with Gasteiger partial charge < -0.3 is 16.4 Å². The second-order valence-corrected chi connectivity index (χ2v) is 5.46. The molecule has 2 aromatic rings. The average molecular weight is 290 g/mol. The van der Waals surface area contributed by atoms with E-state index in [0.29, 0.717) is 11.3 Å². The van der Waals surface area contributed by atoms with Crippen LogP contribution in [0, 0.1) is 0 Å². The zero-order valence-electron chi connectivity index (χ0n) is 11.5. The summed E-state index contributed by atoms with van der Waals surface area (Å²) in [6.07, 6.45) is 1.80. The molecule has 0 aliphatic carbocycles. The van der Waals surface area contributed by atoms with Crippen LogP contribution in [0.15, 0.2) is 29.8 Å². The number of carbonyl (C=O) groups excluding carboxylic acids is 1. The normalized spacial score (nSPS) is 11.9. The number of rotatable bonds is 5. The van der Waals surface area contributed by atoms with Gasteiger partial charge >= 0.3 is 0 Å². The van der Waals surface area contributed by atoms with E-state index >= 15 is 0 Å². The molecule has 1 aromatic heterocycles. The smallest absolute Gasteiger partial charge is 0.251 e. The molecule has 0 fully saturated rings. The van der Waals surface area contributed by atoms with E-state index in [4.69, 9.17) is 5.73 Å². The van der Waals surface area contributed by atoms with Gasteiger partial charge in [0.15, 0.2) is 0 Å². The molecule has 5 nitrogen and oxygen atoms in total. The fourth-order valence-corrected chi connectivity index (χ4v) is 2.52. The van der Waals surface area contributed by atoms with Crippen molar-refractivity contribution >= 4 is 28.6 Å². The van der Waals surface area contributed by atoms with E-state index in [1.807, 2.05) is 5.38 Å². The number of nitrogens with two attached hydrogens (primary N) is 1. The highest BCUT2D eigenvalue weighted by atomic mass is 32.1. The van der Waals surface area contributed by atoms with Crippen LogP contribution in [0.4, 0.5) is 11.4 Å². The predicted octanol–water partition coefficient (Wildman–Crippen LogP) is 2.30. The Morgan fingerprint density at radius 1 is 1.50 bits per heavy atom. The quantitative estimate of drug-likeness (QED) is 0.738. The maximum absolute atomic E-state index is 11.6. The molecular weight excluding hydrogens is 272 g/mol. The number of nitrogens with zero attached hydrogens (tertiary/aromatic N) is 1. The van der Waals surface area contributed by atoms with Gasteiger partial charge in [0, 0.05) is 36.7 Å². The van der Waals surface area contributed by atoms with E-state index in [1.54, 1.807) is 42.8 Å². The Morgan fingerprint density at radius 2 is 2.30 bits per heavy atom. The Bertz CT molecular complexity index is 583. The molecule has 2 rings (SSSR count). The highest BCUT2D eigenvalue weighted by Gasteiger charge is 2.10. The number of amides is 1. The van der Waals surface area contributed by atoms with Crippen molar-refractivity contribution in [1.29, 1.82) is 0 Å². The Labute approximate surface area is 122 Å². The van der Waals surface area contributed by atoms with E-state index in [-0.39, 0.29) is 11.8 Å². The van der Waals surface area contributed by atoms with Gasteiger partial charge in [0.25, 0.3) is 5.91 Å². The third kappa shape index (κ3) is 3.27. The molecule has 0 spiro atoms. The van der Waals surface area contributed by atoms with Crippen molar-refractivity contribution in [3.63, 3.8) is 0 Å². The molecule has 4 N–H and O–H groups in total. The molecule has 1 amide bonds. The van der Waals surface area contributed by atoms with Crippen molar-refractivity contribution in [2.24, 2.45) is 0 Å². The molecule has 0 aliphatic rings. The number of carbonyl (C=O) groups is 1. The minimum absolute atomic E-state index is 0.124. The second kappa shape index (κ2) is 6.38. The third-order valence-electron chi connectivity index (χ3n) is 3.01. The SMILES string of the molecule is CNC(=O)c1ccc(N)c(NCC(C)c2nccs2)c1. The molecule has 1 heterocycles. The molecule has 0 bridgehead atoms. The van der Waals surface area contributed by atoms with Gasteiger partial charge in [-0.15, -0.1) is 11.3 Å². The first-order valence-corrected chi connectivity index (χ1v) is 7.24. The zero-order valence-corrected chi connectivity index (χ0v) is 12.3. The Hall–Kier alpha value is -2.08. The monoisotopic (exact) mass is 290 g/mol. The van der Waals surface area contributed by atoms with Crippen molar-refractivity contribution in [2.45, 2.75) is 12.8 Å². The number of nitrogen functional groups attached to an aromatic ring is 1. The largest absolute Gasteiger partial charge is 0.397 e. The summed E-state index contributed by atoms with van der Waals surface area (Å²) in [5, 5.41) is 8.93. The van der Waals surface area contributed by atoms with Gasteiger partial charge in [-0.3, -0.25) is 4.79 Å². The van der Waals surface area contributed by atoms with Crippen LogP contribution in [-0.4, -0.2) is 24.5 Å². The molecule has 0 saturated carbocycles. The number of hydrogen-bond acceptors (Lipinski definition) is 5. The van der Waals surface area contributed by atoms with Crippen LogP contribution in [0.3, 0.4) is 0 Å². The maximum atomic E-state index is 11.6. The fraction of sp³-hybridized carbons (Fsp3) is 0.286. The van der Waals surface area contributed by atoms with Gasteiger partial charge in [-0.05, 0) is 18.2 Å². The maximum Gasteiger partial charge on any atom is 0.251 e. The van der Waals surface area contributed by atoms with Gasteiger partial charge in [-0.1, -0.05) is 6.92 Å². The predicted molar refractivity (Wildman–Crippen MR) is 83.3 cm³/mol. The summed E-state index contributed by atoms with van der Waals surface area (Å²) in [5.74, 6) is 0.166. The minimum atomic E-state index is -0.124. The van der Waals surface area contributed by atoms with E-state index in [1.165, 1.54) is 0 Å². The van der Waals surface area contributed by atoms with Crippen LogP contribution in [0.2, 0.25) is 0 Å². The molecule has 0 radical (unpaired) electrons. The number of nitrogens with one attached hydrogen (secondary N) is 2. The Kier molecular flexibility index (Phi) is 4.57. The highest BCUT2D eigenvalue weighted by molar-refractivity contribution is 7.09. The third-order valence-corrected chi connectivity index (χ3v) is 4.02. The summed E-state index contributed by atoms with van der Waals surface area (Å²) in [4.78, 5) is 15.9. The standard InChI is InChI=1S/C14H18N4OS/c1-9(14-17-5-6-20-14)8-18-12-7-10(13(19)16-2)3-4-11(12)15/h3-7,9,18H,8,15H2,1-2H3,(H,16,19). The number of aromatic nitrogens is 1. The summed E-state index contributed by atoms with van der Waals surface area (Å²) in [6.45, 7) is 2.82. The molecule has 20 heavy (non-hydrogen) atoms. The first kappa shape index (κ1) is 14.3. The fourth-order valence-electron chi connectivity index (χ4n) is 1.82. The average Bonchev–Trinajstić information content (AvgIpc) is 2.99. The number of benzene rings is 1. The van der Waals surface area contributed by atoms with Gasteiger partial charge in [0.05, 0.1) is 16.4 Å². The van der Waals surface area contributed by atoms with Gasteiger partial charge in [-0.25, -0.2) is 4.98 Å². The highest BCUT2D eigenvalue weighted by Crippen LogP contribution is 2.23. The summed E-state index contributed by atoms with van der Waals surface area (Å²) in [7, 11) is 1.61. The lowest BCUT2D eigenvalue weighted by atomic mass is 10.1. The summed E-state index contributed by atoms with van der Waals surface area (Å²) >= 11 is 1.64. The van der Waals surface area contributed by atoms with Gasteiger partial charge in [-0.2, -0.15) is 0 Å².